The summed E-state index contributed by atoms with van der Waals surface area (Å²) in [5, 5.41) is 8.60. The van der Waals surface area contributed by atoms with Crippen molar-refractivity contribution in [2.75, 3.05) is 5.75 Å². The minimum absolute atomic E-state index is 0.146. The fourth-order valence-electron chi connectivity index (χ4n) is 1.26. The van der Waals surface area contributed by atoms with Crippen molar-refractivity contribution in [3.05, 3.63) is 40.7 Å². The maximum atomic E-state index is 13.8. The summed E-state index contributed by atoms with van der Waals surface area (Å²) < 4.78 is 37.4. The van der Waals surface area contributed by atoms with E-state index >= 15 is 0 Å². The van der Waals surface area contributed by atoms with Gasteiger partial charge in [0.15, 0.2) is 15.7 Å². The average molecular weight is 293 g/mol. The third kappa shape index (κ3) is 3.08. The molecule has 0 radical (unpaired) electrons. The van der Waals surface area contributed by atoms with Crippen molar-refractivity contribution in [1.29, 1.82) is 0 Å². The van der Waals surface area contributed by atoms with E-state index in [9.17, 15) is 17.6 Å². The van der Waals surface area contributed by atoms with Gasteiger partial charge in [0.2, 0.25) is 0 Å². The van der Waals surface area contributed by atoms with E-state index in [1.807, 2.05) is 0 Å². The molecule has 0 unspecified atom stereocenters. The highest BCUT2D eigenvalue weighted by Crippen LogP contribution is 2.24. The van der Waals surface area contributed by atoms with Crippen LogP contribution < -0.4 is 0 Å². The number of aromatic carboxylic acids is 1. The molecule has 0 spiro atoms. The molecule has 0 saturated carbocycles. The van der Waals surface area contributed by atoms with Crippen molar-refractivity contribution in [1.82, 2.24) is 0 Å². The van der Waals surface area contributed by atoms with Crippen LogP contribution in [0.1, 0.15) is 17.3 Å². The molecule has 0 fully saturated rings. The predicted molar refractivity (Wildman–Crippen MR) is 65.2 cm³/mol. The summed E-state index contributed by atoms with van der Waals surface area (Å²) in [6.07, 6.45) is 2.83. The molecule has 0 atom stereocenters. The molecule has 0 aliphatic carbocycles. The fourth-order valence-corrected chi connectivity index (χ4v) is 2.86. The summed E-state index contributed by atoms with van der Waals surface area (Å²) in [5.41, 5.74) is -0.762. The number of carboxylic acids is 1. The van der Waals surface area contributed by atoms with E-state index in [0.29, 0.717) is 0 Å². The van der Waals surface area contributed by atoms with Gasteiger partial charge in [0.05, 0.1) is 11.3 Å². The molecular weight excluding hydrogens is 283 g/mol. The number of carbonyl (C=O) groups is 1. The second-order valence-corrected chi connectivity index (χ2v) is 5.86. The summed E-state index contributed by atoms with van der Waals surface area (Å²) in [5.74, 6) is -3.28. The highest BCUT2D eigenvalue weighted by molar-refractivity contribution is 7.91. The lowest BCUT2D eigenvalue weighted by Gasteiger charge is -2.06. The van der Waals surface area contributed by atoms with Gasteiger partial charge in [-0.3, -0.25) is 0 Å². The minimum atomic E-state index is -3.94. The number of halogens is 2. The molecule has 1 aromatic carbocycles. The Bertz CT molecular complexity index is 608. The molecule has 0 aromatic heterocycles. The Labute approximate surface area is 109 Å². The van der Waals surface area contributed by atoms with E-state index in [1.54, 1.807) is 6.92 Å². The third-order valence-corrected chi connectivity index (χ3v) is 3.94. The number of carboxylic acid groups (broad SMARTS) is 1. The molecule has 1 aromatic rings. The molecule has 0 aliphatic heterocycles. The predicted octanol–water partition coefficient (Wildman–Crippen LogP) is 2.53. The molecule has 1 rings (SSSR count). The van der Waals surface area contributed by atoms with Crippen LogP contribution in [0.2, 0.25) is 5.02 Å². The van der Waals surface area contributed by atoms with Gasteiger partial charge >= 0.3 is 5.97 Å². The van der Waals surface area contributed by atoms with Crippen molar-refractivity contribution in [2.45, 2.75) is 11.8 Å². The van der Waals surface area contributed by atoms with Crippen LogP contribution in [0.3, 0.4) is 0 Å². The van der Waals surface area contributed by atoms with Gasteiger partial charge in [0, 0.05) is 5.02 Å². The van der Waals surface area contributed by atoms with Crippen molar-refractivity contribution in [3.63, 3.8) is 0 Å². The number of allylic oxidation sites excluding steroid dienone is 1. The topological polar surface area (TPSA) is 71.4 Å². The largest absolute Gasteiger partial charge is 0.478 e. The normalized spacial score (nSPS) is 11.9. The molecule has 4 nitrogen and oxygen atoms in total. The van der Waals surface area contributed by atoms with Crippen LogP contribution in [0.25, 0.3) is 0 Å². The van der Waals surface area contributed by atoms with E-state index < -0.39 is 37.8 Å². The Morgan fingerprint density at radius 2 is 2.11 bits per heavy atom. The van der Waals surface area contributed by atoms with Gasteiger partial charge in [-0.1, -0.05) is 23.8 Å². The SMILES string of the molecule is C/C=C/CS(=O)(=O)c1cc(Cl)cc(C(=O)O)c1F. The molecule has 0 bridgehead atoms. The number of benzene rings is 1. The first-order valence-corrected chi connectivity index (χ1v) is 6.89. The second-order valence-electron chi connectivity index (χ2n) is 3.42. The smallest absolute Gasteiger partial charge is 0.338 e. The van der Waals surface area contributed by atoms with Crippen LogP contribution in [-0.4, -0.2) is 25.2 Å². The zero-order valence-corrected chi connectivity index (χ0v) is 10.9. The van der Waals surface area contributed by atoms with Crippen LogP contribution in [0.15, 0.2) is 29.2 Å². The summed E-state index contributed by atoms with van der Waals surface area (Å²) in [7, 11) is -3.94. The summed E-state index contributed by atoms with van der Waals surface area (Å²) >= 11 is 5.59. The van der Waals surface area contributed by atoms with Crippen molar-refractivity contribution in [2.24, 2.45) is 0 Å². The Kier molecular flexibility index (Phi) is 4.48. The first kappa shape index (κ1) is 14.7. The van der Waals surface area contributed by atoms with Crippen LogP contribution in [0.4, 0.5) is 4.39 Å². The minimum Gasteiger partial charge on any atom is -0.478 e. The molecule has 1 N–H and O–H groups in total. The van der Waals surface area contributed by atoms with Crippen LogP contribution >= 0.6 is 11.6 Å². The molecule has 98 valence electrons. The first-order chi connectivity index (χ1) is 8.29. The van der Waals surface area contributed by atoms with Gasteiger partial charge in [-0.05, 0) is 19.1 Å². The number of hydrogen-bond acceptors (Lipinski definition) is 3. The van der Waals surface area contributed by atoms with Gasteiger partial charge in [-0.25, -0.2) is 17.6 Å². The van der Waals surface area contributed by atoms with Crippen molar-refractivity contribution in [3.8, 4) is 0 Å². The van der Waals surface area contributed by atoms with E-state index in [0.717, 1.165) is 12.1 Å². The van der Waals surface area contributed by atoms with Crippen LogP contribution in [0, 0.1) is 5.82 Å². The molecule has 18 heavy (non-hydrogen) atoms. The standard InChI is InChI=1S/C11H10ClFO4S/c1-2-3-4-18(16,17)9-6-7(12)5-8(10(9)13)11(14)15/h2-3,5-6H,4H2,1H3,(H,14,15)/b3-2+. The van der Waals surface area contributed by atoms with Gasteiger partial charge < -0.3 is 5.11 Å². The zero-order valence-electron chi connectivity index (χ0n) is 9.35. The molecular formula is C11H10ClFO4S. The van der Waals surface area contributed by atoms with Crippen LogP contribution in [0.5, 0.6) is 0 Å². The first-order valence-electron chi connectivity index (χ1n) is 4.86. The number of rotatable bonds is 4. The van der Waals surface area contributed by atoms with Gasteiger partial charge in [-0.15, -0.1) is 0 Å². The summed E-state index contributed by atoms with van der Waals surface area (Å²) in [6, 6.07) is 1.77. The maximum Gasteiger partial charge on any atom is 0.338 e. The highest BCUT2D eigenvalue weighted by atomic mass is 35.5. The van der Waals surface area contributed by atoms with Crippen LogP contribution in [-0.2, 0) is 9.84 Å². The lowest BCUT2D eigenvalue weighted by atomic mass is 10.2. The molecule has 7 heteroatoms. The number of hydrogen-bond donors (Lipinski definition) is 1. The van der Waals surface area contributed by atoms with E-state index in [4.69, 9.17) is 16.7 Å². The Morgan fingerprint density at radius 3 is 2.61 bits per heavy atom. The summed E-state index contributed by atoms with van der Waals surface area (Å²) in [6.45, 7) is 1.62. The van der Waals surface area contributed by atoms with Gasteiger partial charge in [-0.2, -0.15) is 0 Å². The molecule has 0 aliphatic rings. The zero-order chi connectivity index (χ0) is 13.9. The van der Waals surface area contributed by atoms with Crippen molar-refractivity contribution >= 4 is 27.4 Å². The average Bonchev–Trinajstić information content (AvgIpc) is 2.28. The molecule has 0 saturated heterocycles. The Morgan fingerprint density at radius 1 is 1.50 bits per heavy atom. The fraction of sp³-hybridized carbons (Fsp3) is 0.182. The van der Waals surface area contributed by atoms with E-state index in [1.165, 1.54) is 12.2 Å². The van der Waals surface area contributed by atoms with Crippen molar-refractivity contribution < 1.29 is 22.7 Å². The highest BCUT2D eigenvalue weighted by Gasteiger charge is 2.24. The second kappa shape index (κ2) is 5.49. The monoisotopic (exact) mass is 292 g/mol. The van der Waals surface area contributed by atoms with E-state index in [-0.39, 0.29) is 5.02 Å². The molecule has 0 heterocycles. The van der Waals surface area contributed by atoms with Gasteiger partial charge in [0.25, 0.3) is 0 Å². The summed E-state index contributed by atoms with van der Waals surface area (Å²) in [4.78, 5) is 10.1. The van der Waals surface area contributed by atoms with E-state index in [2.05, 4.69) is 0 Å². The number of sulfone groups is 1. The Hall–Kier alpha value is -1.40. The quantitative estimate of drug-likeness (QED) is 0.866. The third-order valence-electron chi connectivity index (χ3n) is 2.12. The molecule has 0 amide bonds. The maximum absolute atomic E-state index is 13.8. The van der Waals surface area contributed by atoms with Gasteiger partial charge in [0.1, 0.15) is 4.90 Å². The lowest BCUT2D eigenvalue weighted by Crippen LogP contribution is -2.11. The lowest BCUT2D eigenvalue weighted by molar-refractivity contribution is 0.0691. The Balaban J connectivity index is 3.46.